The highest BCUT2D eigenvalue weighted by Crippen LogP contribution is 2.22. The molecular weight excluding hydrogens is 255 g/mol. The van der Waals surface area contributed by atoms with Crippen LogP contribution in [-0.4, -0.2) is 55.4 Å². The summed E-state index contributed by atoms with van der Waals surface area (Å²) >= 11 is 0. The molecule has 0 N–H and O–H groups in total. The van der Waals surface area contributed by atoms with Crippen LogP contribution in [-0.2, 0) is 0 Å². The topological polar surface area (TPSA) is 23.1 Å². The van der Waals surface area contributed by atoms with Crippen LogP contribution >= 0.6 is 0 Å². The first-order valence-electron chi connectivity index (χ1n) is 4.03. The van der Waals surface area contributed by atoms with Crippen LogP contribution in [0.4, 0.5) is 0 Å². The van der Waals surface area contributed by atoms with Crippen molar-refractivity contribution in [2.45, 2.75) is 0 Å². The van der Waals surface area contributed by atoms with Crippen molar-refractivity contribution in [1.82, 2.24) is 0 Å². The maximum absolute atomic E-state index is 11.6. The minimum atomic E-state index is 0. The van der Waals surface area contributed by atoms with E-state index in [9.17, 15) is 5.21 Å². The van der Waals surface area contributed by atoms with Crippen molar-refractivity contribution < 1.29 is 33.1 Å². The Kier molecular flexibility index (Phi) is 2.49. The van der Waals surface area contributed by atoms with Gasteiger partial charge in [-0.2, -0.15) is 0 Å². The maximum Gasteiger partial charge on any atom is 0.129 e. The molecule has 3 heterocycles. The zero-order valence-electron chi connectivity index (χ0n) is 6.92. The number of hydroxylamine groups is 3. The highest BCUT2D eigenvalue weighted by molar-refractivity contribution is 4.59. The van der Waals surface area contributed by atoms with Crippen molar-refractivity contribution in [2.24, 2.45) is 0 Å². The van der Waals surface area contributed by atoms with Crippen molar-refractivity contribution in [1.29, 1.82) is 0 Å². The number of rotatable bonds is 0. The molecule has 11 heavy (non-hydrogen) atoms. The average Bonchev–Trinajstić information content (AvgIpc) is 1.93. The summed E-state index contributed by atoms with van der Waals surface area (Å²) in [6.45, 7) is 5.88. The molecule has 0 saturated carbocycles. The molecule has 4 heteroatoms. The predicted octanol–water partition coefficient (Wildman–Crippen LogP) is -3.22. The van der Waals surface area contributed by atoms with Crippen LogP contribution in [0.25, 0.3) is 0 Å². The maximum atomic E-state index is 11.6. The predicted molar refractivity (Wildman–Crippen MR) is 39.0 cm³/mol. The molecule has 0 amide bonds. The standard InChI is InChI=1S/C7H15N2O.HI/c1-8-2-5-9(10,6-3-8)7-4-8;/h2-7H2,1H3;1H/q+1;/p-1. The molecule has 0 aliphatic carbocycles. The van der Waals surface area contributed by atoms with Crippen LogP contribution in [0.5, 0.6) is 0 Å². The van der Waals surface area contributed by atoms with Crippen molar-refractivity contribution in [3.05, 3.63) is 5.21 Å². The van der Waals surface area contributed by atoms with Crippen LogP contribution < -0.4 is 24.0 Å². The fourth-order valence-electron chi connectivity index (χ4n) is 1.94. The molecule has 0 aromatic carbocycles. The molecule has 0 unspecified atom stereocenters. The summed E-state index contributed by atoms with van der Waals surface area (Å²) in [5, 5.41) is 11.6. The van der Waals surface area contributed by atoms with E-state index in [2.05, 4.69) is 7.05 Å². The van der Waals surface area contributed by atoms with E-state index in [0.29, 0.717) is 0 Å². The second-order valence-corrected chi connectivity index (χ2v) is 4.02. The van der Waals surface area contributed by atoms with Crippen LogP contribution in [0.15, 0.2) is 0 Å². The van der Waals surface area contributed by atoms with Crippen molar-refractivity contribution >= 4 is 0 Å². The number of hydrogen-bond acceptors (Lipinski definition) is 1. The lowest BCUT2D eigenvalue weighted by Gasteiger charge is -2.56. The quantitative estimate of drug-likeness (QED) is 0.258. The monoisotopic (exact) mass is 270 g/mol. The number of likely N-dealkylation sites (N-methyl/N-ethyl adjacent to an activating group) is 1. The van der Waals surface area contributed by atoms with Crippen molar-refractivity contribution in [3.63, 3.8) is 0 Å². The summed E-state index contributed by atoms with van der Waals surface area (Å²) in [6.07, 6.45) is 0. The lowest BCUT2D eigenvalue weighted by molar-refractivity contribution is -1.05. The Morgan fingerprint density at radius 3 is 1.55 bits per heavy atom. The summed E-state index contributed by atoms with van der Waals surface area (Å²) in [5.41, 5.74) is 0. The van der Waals surface area contributed by atoms with E-state index < -0.39 is 0 Å². The molecule has 3 rings (SSSR count). The highest BCUT2D eigenvalue weighted by atomic mass is 127. The van der Waals surface area contributed by atoms with Crippen LogP contribution in [0, 0.1) is 5.21 Å². The second-order valence-electron chi connectivity index (χ2n) is 4.02. The van der Waals surface area contributed by atoms with E-state index in [1.807, 2.05) is 0 Å². The number of hydrogen-bond donors (Lipinski definition) is 0. The third-order valence-corrected chi connectivity index (χ3v) is 3.14. The Bertz CT molecular complexity index is 120. The third kappa shape index (κ3) is 1.68. The third-order valence-electron chi connectivity index (χ3n) is 3.14. The normalized spacial score (nSPS) is 48.5. The molecular formula is C7H15IN2O. The van der Waals surface area contributed by atoms with Gasteiger partial charge in [0.25, 0.3) is 0 Å². The summed E-state index contributed by atoms with van der Waals surface area (Å²) in [7, 11) is 2.27. The summed E-state index contributed by atoms with van der Waals surface area (Å²) in [4.78, 5) is 0. The summed E-state index contributed by atoms with van der Waals surface area (Å²) in [6, 6.07) is 0. The Hall–Kier alpha value is 0.610. The first-order chi connectivity index (χ1) is 4.62. The molecule has 3 fully saturated rings. The van der Waals surface area contributed by atoms with Gasteiger partial charge in [0.15, 0.2) is 0 Å². The van der Waals surface area contributed by atoms with E-state index in [4.69, 9.17) is 0 Å². The molecule has 0 aromatic heterocycles. The number of nitrogens with zero attached hydrogens (tertiary/aromatic N) is 2. The van der Waals surface area contributed by atoms with Crippen molar-refractivity contribution in [2.75, 3.05) is 46.3 Å². The molecule has 2 bridgehead atoms. The first kappa shape index (κ1) is 9.70. The smallest absolute Gasteiger partial charge is 0.129 e. The summed E-state index contributed by atoms with van der Waals surface area (Å²) in [5.74, 6) is 0. The van der Waals surface area contributed by atoms with Gasteiger partial charge in [0.2, 0.25) is 0 Å². The molecule has 0 atom stereocenters. The van der Waals surface area contributed by atoms with Gasteiger partial charge in [-0.1, -0.05) is 0 Å². The van der Waals surface area contributed by atoms with Gasteiger partial charge in [-0.15, -0.1) is 0 Å². The molecule has 3 aliphatic heterocycles. The van der Waals surface area contributed by atoms with Gasteiger partial charge >= 0.3 is 0 Å². The van der Waals surface area contributed by atoms with Crippen LogP contribution in [0.3, 0.4) is 0 Å². The molecule has 66 valence electrons. The number of piperazine rings is 3. The molecule has 3 nitrogen and oxygen atoms in total. The number of halogens is 1. The minimum Gasteiger partial charge on any atom is -1.00 e. The zero-order chi connectivity index (χ0) is 7.24. The SMILES string of the molecule is C[N+]12CC[N+]([O-])(CC1)CC2.[I-]. The van der Waals surface area contributed by atoms with Crippen LogP contribution in [0.2, 0.25) is 0 Å². The Labute approximate surface area is 84.7 Å². The Morgan fingerprint density at radius 1 is 0.909 bits per heavy atom. The minimum absolute atomic E-state index is 0. The van der Waals surface area contributed by atoms with E-state index in [1.165, 1.54) is 0 Å². The van der Waals surface area contributed by atoms with Gasteiger partial charge in [0, 0.05) is 0 Å². The molecule has 0 spiro atoms. The van der Waals surface area contributed by atoms with Gasteiger partial charge in [0.05, 0.1) is 7.05 Å². The highest BCUT2D eigenvalue weighted by Gasteiger charge is 2.41. The Morgan fingerprint density at radius 2 is 1.27 bits per heavy atom. The fourth-order valence-corrected chi connectivity index (χ4v) is 1.94. The van der Waals surface area contributed by atoms with Crippen molar-refractivity contribution in [3.8, 4) is 0 Å². The second kappa shape index (κ2) is 2.83. The van der Waals surface area contributed by atoms with E-state index in [1.54, 1.807) is 0 Å². The van der Waals surface area contributed by atoms with E-state index >= 15 is 0 Å². The van der Waals surface area contributed by atoms with E-state index in [0.717, 1.165) is 43.8 Å². The van der Waals surface area contributed by atoms with Gasteiger partial charge in [-0.25, -0.2) is 0 Å². The molecule has 0 aromatic rings. The fraction of sp³-hybridized carbons (Fsp3) is 1.00. The molecule has 3 saturated heterocycles. The average molecular weight is 270 g/mol. The van der Waals surface area contributed by atoms with Crippen LogP contribution in [0.1, 0.15) is 0 Å². The summed E-state index contributed by atoms with van der Waals surface area (Å²) < 4.78 is 1.26. The number of quaternary nitrogens is 2. The lowest BCUT2D eigenvalue weighted by atomic mass is 10.2. The first-order valence-corrected chi connectivity index (χ1v) is 4.03. The van der Waals surface area contributed by atoms with Gasteiger partial charge in [-0.05, 0) is 0 Å². The molecule has 3 aliphatic rings. The van der Waals surface area contributed by atoms with Gasteiger partial charge < -0.3 is 38.3 Å². The largest absolute Gasteiger partial charge is 1.00 e. The molecule has 0 radical (unpaired) electrons. The van der Waals surface area contributed by atoms with E-state index in [-0.39, 0.29) is 28.6 Å². The lowest BCUT2D eigenvalue weighted by Crippen LogP contribution is -3.00. The van der Waals surface area contributed by atoms with Gasteiger partial charge in [-0.3, -0.25) is 0 Å². The zero-order valence-corrected chi connectivity index (χ0v) is 9.08. The Balaban J connectivity index is 0.000000605. The van der Waals surface area contributed by atoms with Gasteiger partial charge in [0.1, 0.15) is 39.3 Å². The number of fused-ring (bicyclic) bond motifs is 3.